The van der Waals surface area contributed by atoms with E-state index in [1.54, 1.807) is 0 Å². The number of hydrogen-bond acceptors (Lipinski definition) is 3. The number of fused-ring (bicyclic) bond motifs is 9. The van der Waals surface area contributed by atoms with Crippen molar-refractivity contribution in [2.75, 3.05) is 4.90 Å². The van der Waals surface area contributed by atoms with E-state index in [1.807, 2.05) is 12.1 Å². The van der Waals surface area contributed by atoms with Crippen LogP contribution in [-0.2, 0) is 0 Å². The predicted molar refractivity (Wildman–Crippen MR) is 222 cm³/mol. The lowest BCUT2D eigenvalue weighted by Gasteiger charge is -2.26. The Hall–Kier alpha value is -7.10. The van der Waals surface area contributed by atoms with E-state index >= 15 is 0 Å². The number of rotatable bonds is 5. The van der Waals surface area contributed by atoms with Crippen LogP contribution in [0.25, 0.3) is 87.7 Å². The van der Waals surface area contributed by atoms with Crippen LogP contribution >= 0.6 is 0 Å². The summed E-state index contributed by atoms with van der Waals surface area (Å²) in [6.45, 7) is 0. The summed E-state index contributed by atoms with van der Waals surface area (Å²) in [5.41, 5.74) is 11.2. The zero-order chi connectivity index (χ0) is 34.9. The molecule has 9 aromatic carbocycles. The molecule has 0 aliphatic heterocycles. The fraction of sp³-hybridized carbons (Fsp3) is 0. The van der Waals surface area contributed by atoms with Gasteiger partial charge in [-0.15, -0.1) is 0 Å². The fourth-order valence-corrected chi connectivity index (χ4v) is 8.06. The van der Waals surface area contributed by atoms with Gasteiger partial charge in [0.2, 0.25) is 0 Å². The van der Waals surface area contributed by atoms with Crippen molar-refractivity contribution >= 4 is 82.5 Å². The quantitative estimate of drug-likeness (QED) is 0.182. The molecular weight excluding hydrogens is 647 g/mol. The third kappa shape index (κ3) is 4.75. The molecule has 0 amide bonds. The maximum Gasteiger partial charge on any atom is 0.159 e. The van der Waals surface area contributed by atoms with Crippen LogP contribution < -0.4 is 4.90 Å². The lowest BCUT2D eigenvalue weighted by atomic mass is 9.98. The van der Waals surface area contributed by atoms with Gasteiger partial charge in [-0.05, 0) is 86.9 Å². The van der Waals surface area contributed by atoms with E-state index in [0.29, 0.717) is 0 Å². The van der Waals surface area contributed by atoms with Crippen molar-refractivity contribution in [3.05, 3.63) is 188 Å². The highest BCUT2D eigenvalue weighted by atomic mass is 16.3. The van der Waals surface area contributed by atoms with Crippen molar-refractivity contribution in [3.8, 4) is 22.3 Å². The summed E-state index contributed by atoms with van der Waals surface area (Å²) < 4.78 is 13.3. The summed E-state index contributed by atoms with van der Waals surface area (Å²) in [5.74, 6) is 0. The molecule has 0 unspecified atom stereocenters. The molecule has 0 aliphatic carbocycles. The molecule has 0 radical (unpaired) electrons. The van der Waals surface area contributed by atoms with E-state index in [0.717, 1.165) is 77.3 Å². The number of furan rings is 2. The van der Waals surface area contributed by atoms with Gasteiger partial charge in [-0.25, -0.2) is 0 Å². The zero-order valence-corrected chi connectivity index (χ0v) is 28.7. The molecule has 11 aromatic rings. The van der Waals surface area contributed by atoms with Gasteiger partial charge in [0.15, 0.2) is 5.58 Å². The van der Waals surface area contributed by atoms with Gasteiger partial charge in [0.25, 0.3) is 0 Å². The predicted octanol–water partition coefficient (Wildman–Crippen LogP) is 14.6. The molecule has 2 heterocycles. The molecule has 2 aromatic heterocycles. The van der Waals surface area contributed by atoms with Crippen LogP contribution in [0.2, 0.25) is 0 Å². The van der Waals surface area contributed by atoms with Crippen LogP contribution in [0.4, 0.5) is 17.1 Å². The van der Waals surface area contributed by atoms with E-state index < -0.39 is 0 Å². The zero-order valence-electron chi connectivity index (χ0n) is 28.7. The maximum atomic E-state index is 6.90. The molecule has 0 aliphatic rings. The molecule has 248 valence electrons. The third-order valence-corrected chi connectivity index (χ3v) is 10.7. The third-order valence-electron chi connectivity index (χ3n) is 10.7. The average Bonchev–Trinajstić information content (AvgIpc) is 3.81. The smallest absolute Gasteiger partial charge is 0.159 e. The summed E-state index contributed by atoms with van der Waals surface area (Å²) in [7, 11) is 0. The topological polar surface area (TPSA) is 29.5 Å². The maximum absolute atomic E-state index is 6.90. The van der Waals surface area contributed by atoms with Crippen molar-refractivity contribution in [2.24, 2.45) is 0 Å². The Morgan fingerprint density at radius 2 is 0.887 bits per heavy atom. The molecule has 0 atom stereocenters. The van der Waals surface area contributed by atoms with Crippen molar-refractivity contribution in [1.29, 1.82) is 0 Å². The van der Waals surface area contributed by atoms with Crippen molar-refractivity contribution < 1.29 is 8.83 Å². The van der Waals surface area contributed by atoms with Gasteiger partial charge in [-0.3, -0.25) is 0 Å². The lowest BCUT2D eigenvalue weighted by Crippen LogP contribution is -2.10. The Balaban J connectivity index is 1.06. The first-order valence-corrected chi connectivity index (χ1v) is 18.0. The summed E-state index contributed by atoms with van der Waals surface area (Å²) in [6, 6.07) is 66.7. The van der Waals surface area contributed by atoms with Crippen molar-refractivity contribution in [2.45, 2.75) is 0 Å². The standard InChI is InChI=1S/C50H31NO2/c1-2-11-37-31-38(24-23-32(37)9-1)35-21-19-33(20-22-35)34-25-28-39(29-26-34)51(44-15-8-18-47-48(44)43-13-5-6-17-46(43)52-47)45-16-7-14-41-42-30-27-36-10-3-4-12-40(36)49(42)53-50(41)45/h1-31H. The second kappa shape index (κ2) is 11.7. The number of nitrogens with zero attached hydrogens (tertiary/aromatic N) is 1. The SMILES string of the molecule is c1ccc2cc(-c3ccc(-c4ccc(N(c5cccc6c5oc5c7ccccc7ccc65)c5cccc6oc7ccccc7c56)cc4)cc3)ccc2c1. The molecule has 3 heteroatoms. The van der Waals surface area contributed by atoms with E-state index in [4.69, 9.17) is 8.83 Å². The van der Waals surface area contributed by atoms with Crippen molar-refractivity contribution in [1.82, 2.24) is 0 Å². The second-order valence-corrected chi connectivity index (χ2v) is 13.7. The molecule has 0 N–H and O–H groups in total. The number of anilines is 3. The van der Waals surface area contributed by atoms with Gasteiger partial charge in [-0.2, -0.15) is 0 Å². The van der Waals surface area contributed by atoms with E-state index in [1.165, 1.54) is 27.5 Å². The van der Waals surface area contributed by atoms with Crippen LogP contribution in [0.15, 0.2) is 197 Å². The van der Waals surface area contributed by atoms with Gasteiger partial charge in [-0.1, -0.05) is 140 Å². The van der Waals surface area contributed by atoms with Crippen LogP contribution in [0.1, 0.15) is 0 Å². The highest BCUT2D eigenvalue weighted by Gasteiger charge is 2.23. The minimum atomic E-state index is 0.844. The molecule has 11 rings (SSSR count). The molecule has 0 saturated carbocycles. The monoisotopic (exact) mass is 677 g/mol. The first-order chi connectivity index (χ1) is 26.3. The normalized spacial score (nSPS) is 11.8. The Bertz CT molecular complexity index is 3170. The van der Waals surface area contributed by atoms with Crippen LogP contribution in [-0.4, -0.2) is 0 Å². The lowest BCUT2D eigenvalue weighted by molar-refractivity contribution is 0.668. The van der Waals surface area contributed by atoms with Gasteiger partial charge in [0.1, 0.15) is 16.7 Å². The molecule has 0 spiro atoms. The van der Waals surface area contributed by atoms with Gasteiger partial charge < -0.3 is 13.7 Å². The molecule has 0 fully saturated rings. The number of benzene rings is 9. The molecule has 0 bridgehead atoms. The van der Waals surface area contributed by atoms with Crippen LogP contribution in [0, 0.1) is 0 Å². The van der Waals surface area contributed by atoms with Gasteiger partial charge in [0.05, 0.1) is 16.8 Å². The first-order valence-electron chi connectivity index (χ1n) is 18.0. The summed E-state index contributed by atoms with van der Waals surface area (Å²) in [5, 5.41) is 9.11. The highest BCUT2D eigenvalue weighted by Crippen LogP contribution is 2.47. The molecule has 0 saturated heterocycles. The highest BCUT2D eigenvalue weighted by molar-refractivity contribution is 6.19. The summed E-state index contributed by atoms with van der Waals surface area (Å²) >= 11 is 0. The first kappa shape index (κ1) is 29.6. The average molecular weight is 678 g/mol. The van der Waals surface area contributed by atoms with Gasteiger partial charge >= 0.3 is 0 Å². The Morgan fingerprint density at radius 3 is 1.72 bits per heavy atom. The summed E-state index contributed by atoms with van der Waals surface area (Å²) in [6.07, 6.45) is 0. The Kier molecular flexibility index (Phi) is 6.55. The largest absolute Gasteiger partial charge is 0.456 e. The Labute approximate surface area is 305 Å². The minimum Gasteiger partial charge on any atom is -0.456 e. The van der Waals surface area contributed by atoms with E-state index in [-0.39, 0.29) is 0 Å². The Morgan fingerprint density at radius 1 is 0.321 bits per heavy atom. The molecule has 3 nitrogen and oxygen atoms in total. The van der Waals surface area contributed by atoms with E-state index in [9.17, 15) is 0 Å². The second-order valence-electron chi connectivity index (χ2n) is 13.7. The minimum absolute atomic E-state index is 0.844. The molecular formula is C50H31NO2. The number of hydrogen-bond donors (Lipinski definition) is 0. The number of para-hydroxylation sites is 2. The van der Waals surface area contributed by atoms with Crippen LogP contribution in [0.3, 0.4) is 0 Å². The molecule has 53 heavy (non-hydrogen) atoms. The van der Waals surface area contributed by atoms with Crippen molar-refractivity contribution in [3.63, 3.8) is 0 Å². The van der Waals surface area contributed by atoms with E-state index in [2.05, 4.69) is 181 Å². The fourth-order valence-electron chi connectivity index (χ4n) is 8.06. The van der Waals surface area contributed by atoms with Crippen LogP contribution in [0.5, 0.6) is 0 Å². The van der Waals surface area contributed by atoms with Gasteiger partial charge in [0, 0.05) is 27.2 Å². The summed E-state index contributed by atoms with van der Waals surface area (Å²) in [4.78, 5) is 2.32.